The highest BCUT2D eigenvalue weighted by atomic mass is 32.1. The lowest BCUT2D eigenvalue weighted by atomic mass is 9.65. The maximum absolute atomic E-state index is 2.56. The van der Waals surface area contributed by atoms with Crippen molar-refractivity contribution in [3.8, 4) is 66.8 Å². The van der Waals surface area contributed by atoms with Crippen molar-refractivity contribution in [2.45, 2.75) is 5.41 Å². The van der Waals surface area contributed by atoms with Gasteiger partial charge in [-0.1, -0.05) is 206 Å². The fourth-order valence-corrected chi connectivity index (χ4v) is 14.4. The molecule has 12 aromatic carbocycles. The van der Waals surface area contributed by atoms with Gasteiger partial charge in [0.2, 0.25) is 0 Å². The molecule has 76 heavy (non-hydrogen) atoms. The molecule has 0 radical (unpaired) electrons. The lowest BCUT2D eigenvalue weighted by Crippen LogP contribution is -2.29. The molecule has 1 aliphatic heterocycles. The molecule has 0 bridgehead atoms. The number of anilines is 6. The van der Waals surface area contributed by atoms with Crippen molar-refractivity contribution >= 4 is 65.6 Å². The van der Waals surface area contributed by atoms with E-state index in [0.29, 0.717) is 0 Å². The van der Waals surface area contributed by atoms with Gasteiger partial charge in [-0.2, -0.15) is 0 Å². The molecule has 2 aliphatic carbocycles. The predicted molar refractivity (Wildman–Crippen MR) is 320 cm³/mol. The lowest BCUT2D eigenvalue weighted by Gasteiger charge is -2.37. The Labute approximate surface area is 446 Å². The minimum absolute atomic E-state index is 0.684. The number of rotatable bonds is 5. The van der Waals surface area contributed by atoms with Crippen LogP contribution in [0.2, 0.25) is 0 Å². The van der Waals surface area contributed by atoms with Crippen LogP contribution in [0.25, 0.3) is 86.9 Å². The molecular weight excluding hydrogens is 937 g/mol. The zero-order valence-electron chi connectivity index (χ0n) is 41.4. The van der Waals surface area contributed by atoms with Crippen LogP contribution in [-0.2, 0) is 5.41 Å². The molecular formula is C73H46N2S. The maximum atomic E-state index is 2.56. The summed E-state index contributed by atoms with van der Waals surface area (Å²) in [5, 5.41) is 2.62. The largest absolute Gasteiger partial charge is 0.310 e. The Morgan fingerprint density at radius 3 is 1.53 bits per heavy atom. The molecule has 3 heteroatoms. The van der Waals surface area contributed by atoms with Crippen LogP contribution >= 0.6 is 11.3 Å². The summed E-state index contributed by atoms with van der Waals surface area (Å²) >= 11 is 1.90. The highest BCUT2D eigenvalue weighted by molar-refractivity contribution is 7.25. The summed E-state index contributed by atoms with van der Waals surface area (Å²) in [6.45, 7) is 0. The summed E-state index contributed by atoms with van der Waals surface area (Å²) in [6, 6.07) is 105. The van der Waals surface area contributed by atoms with Crippen LogP contribution in [0.4, 0.5) is 34.1 Å². The van der Waals surface area contributed by atoms with Crippen LogP contribution in [0.15, 0.2) is 279 Å². The minimum atomic E-state index is -0.684. The molecule has 13 aromatic rings. The fraction of sp³-hybridized carbons (Fsp3) is 0.0137. The Bertz CT molecular complexity index is 4490. The Hall–Kier alpha value is -9.54. The Balaban J connectivity index is 1.02. The second-order valence-corrected chi connectivity index (χ2v) is 21.3. The number of thiophene rings is 1. The van der Waals surface area contributed by atoms with E-state index in [1.54, 1.807) is 0 Å². The van der Waals surface area contributed by atoms with Crippen LogP contribution in [-0.4, -0.2) is 0 Å². The lowest BCUT2D eigenvalue weighted by molar-refractivity contribution is 0.776. The highest BCUT2D eigenvalue weighted by Crippen LogP contribution is 2.63. The second kappa shape index (κ2) is 16.7. The molecule has 1 aromatic heterocycles. The summed E-state index contributed by atoms with van der Waals surface area (Å²) in [5.74, 6) is 0. The van der Waals surface area contributed by atoms with Gasteiger partial charge in [0.05, 0.1) is 22.5 Å². The van der Waals surface area contributed by atoms with Gasteiger partial charge in [-0.3, -0.25) is 0 Å². The first-order valence-electron chi connectivity index (χ1n) is 26.2. The number of hydrogen-bond donors (Lipinski definition) is 0. The van der Waals surface area contributed by atoms with E-state index in [1.807, 2.05) is 11.3 Å². The molecule has 3 aliphatic rings. The minimum Gasteiger partial charge on any atom is -0.310 e. The van der Waals surface area contributed by atoms with E-state index in [9.17, 15) is 0 Å². The zero-order valence-corrected chi connectivity index (χ0v) is 42.2. The summed E-state index contributed by atoms with van der Waals surface area (Å²) in [7, 11) is 0. The van der Waals surface area contributed by atoms with Crippen LogP contribution in [0, 0.1) is 0 Å². The third-order valence-corrected chi connectivity index (χ3v) is 17.6. The highest BCUT2D eigenvalue weighted by Gasteiger charge is 2.50. The van der Waals surface area contributed by atoms with Crippen molar-refractivity contribution < 1.29 is 0 Å². The van der Waals surface area contributed by atoms with E-state index < -0.39 is 5.41 Å². The quantitative estimate of drug-likeness (QED) is 0.170. The van der Waals surface area contributed by atoms with Gasteiger partial charge in [0.25, 0.3) is 0 Å². The van der Waals surface area contributed by atoms with Crippen molar-refractivity contribution in [3.05, 3.63) is 301 Å². The number of nitrogens with zero attached hydrogens (tertiary/aromatic N) is 2. The predicted octanol–water partition coefficient (Wildman–Crippen LogP) is 20.3. The Morgan fingerprint density at radius 2 is 0.789 bits per heavy atom. The molecule has 0 fully saturated rings. The number of hydrogen-bond acceptors (Lipinski definition) is 3. The number of benzene rings is 12. The van der Waals surface area contributed by atoms with Crippen molar-refractivity contribution in [2.75, 3.05) is 9.80 Å². The van der Waals surface area contributed by atoms with Crippen LogP contribution in [0.3, 0.4) is 0 Å². The van der Waals surface area contributed by atoms with Crippen molar-refractivity contribution in [1.82, 2.24) is 0 Å². The summed E-state index contributed by atoms with van der Waals surface area (Å²) < 4.78 is 2.62. The van der Waals surface area contributed by atoms with E-state index in [-0.39, 0.29) is 0 Å². The van der Waals surface area contributed by atoms with Gasteiger partial charge < -0.3 is 9.80 Å². The SMILES string of the molecule is c1ccc(-c2ccccc2N(c2ccc3c(c2)-c2ccccc2-c2ccccc2N3c2ccccc2)c2ccc3c(c2)C2(c4ccccc4-c4ccccc4-3)c3ccccc3-c3cc4c(cc32)sc2ccccc24)cc1. The first-order valence-corrected chi connectivity index (χ1v) is 27.1. The summed E-state index contributed by atoms with van der Waals surface area (Å²) in [6.07, 6.45) is 0. The van der Waals surface area contributed by atoms with E-state index in [0.717, 1.165) is 50.8 Å². The average molecular weight is 983 g/mol. The smallest absolute Gasteiger partial charge is 0.0726 e. The zero-order chi connectivity index (χ0) is 49.9. The van der Waals surface area contributed by atoms with E-state index in [4.69, 9.17) is 0 Å². The summed E-state index contributed by atoms with van der Waals surface area (Å²) in [5.41, 5.74) is 25.8. The van der Waals surface area contributed by atoms with E-state index in [2.05, 4.69) is 289 Å². The number of para-hydroxylation sites is 3. The van der Waals surface area contributed by atoms with Gasteiger partial charge >= 0.3 is 0 Å². The van der Waals surface area contributed by atoms with Crippen molar-refractivity contribution in [1.29, 1.82) is 0 Å². The molecule has 2 heterocycles. The Kier molecular flexibility index (Phi) is 9.45. The van der Waals surface area contributed by atoms with E-state index >= 15 is 0 Å². The molecule has 354 valence electrons. The van der Waals surface area contributed by atoms with Gasteiger partial charge in [-0.25, -0.2) is 0 Å². The van der Waals surface area contributed by atoms with Gasteiger partial charge in [0.15, 0.2) is 0 Å². The first-order chi connectivity index (χ1) is 37.7. The molecule has 16 rings (SSSR count). The molecule has 0 saturated carbocycles. The third kappa shape index (κ3) is 6.15. The molecule has 1 atom stereocenters. The third-order valence-electron chi connectivity index (χ3n) is 16.4. The normalized spacial score (nSPS) is 14.3. The van der Waals surface area contributed by atoms with Crippen LogP contribution in [0.1, 0.15) is 22.3 Å². The van der Waals surface area contributed by atoms with Crippen LogP contribution < -0.4 is 9.80 Å². The van der Waals surface area contributed by atoms with Gasteiger partial charge in [-0.15, -0.1) is 11.3 Å². The monoisotopic (exact) mass is 982 g/mol. The number of fused-ring (bicyclic) bond motifs is 20. The molecule has 0 saturated heterocycles. The first kappa shape index (κ1) is 42.9. The molecule has 1 spiro atoms. The van der Waals surface area contributed by atoms with Crippen molar-refractivity contribution in [3.63, 3.8) is 0 Å². The fourth-order valence-electron chi connectivity index (χ4n) is 13.3. The topological polar surface area (TPSA) is 6.48 Å². The Morgan fingerprint density at radius 1 is 0.289 bits per heavy atom. The second-order valence-electron chi connectivity index (χ2n) is 20.3. The molecule has 2 nitrogen and oxygen atoms in total. The van der Waals surface area contributed by atoms with Crippen LogP contribution in [0.5, 0.6) is 0 Å². The van der Waals surface area contributed by atoms with Gasteiger partial charge in [0, 0.05) is 53.9 Å². The van der Waals surface area contributed by atoms with Crippen molar-refractivity contribution in [2.24, 2.45) is 0 Å². The van der Waals surface area contributed by atoms with E-state index in [1.165, 1.54) is 92.5 Å². The van der Waals surface area contributed by atoms with Gasteiger partial charge in [-0.05, 0) is 145 Å². The molecule has 1 unspecified atom stereocenters. The van der Waals surface area contributed by atoms with Gasteiger partial charge in [0.1, 0.15) is 0 Å². The summed E-state index contributed by atoms with van der Waals surface area (Å²) in [4.78, 5) is 4.98. The standard InChI is InChI=1S/C73H46N2S/c1-3-21-47(22-4-1)51-25-13-18-36-68(51)74(49-40-42-70-62(43-49)55-29-10-9-28-54(55)59-32-14-19-37-69(59)75(70)48-23-5-2-6-24-48)50-39-41-58-53-27-8-7-26-52(53)56-30-11-16-34-64(56)73(66(58)44-50)65-35-17-12-31-57(65)61-45-63-60-33-15-20-38-71(60)76-72(63)46-67(61)73/h1-46H. The molecule has 0 amide bonds. The maximum Gasteiger partial charge on any atom is 0.0726 e. The molecule has 0 N–H and O–H groups in total. The average Bonchev–Trinajstić information content (AvgIpc) is 4.10.